The average Bonchev–Trinajstić information content (AvgIpc) is 3.13. The quantitative estimate of drug-likeness (QED) is 0.823. The summed E-state index contributed by atoms with van der Waals surface area (Å²) >= 11 is 0. The number of ether oxygens (including phenoxy) is 1. The smallest absolute Gasteiger partial charge is 0.409 e. The van der Waals surface area contributed by atoms with Crippen molar-refractivity contribution < 1.29 is 23.1 Å². The Kier molecular flexibility index (Phi) is 5.43. The zero-order valence-electron chi connectivity index (χ0n) is 15.2. The van der Waals surface area contributed by atoms with E-state index < -0.39 is 23.8 Å². The van der Waals surface area contributed by atoms with Crippen LogP contribution < -0.4 is 0 Å². The molecule has 1 atom stereocenters. The first kappa shape index (κ1) is 18.9. The van der Waals surface area contributed by atoms with Gasteiger partial charge in [-0.25, -0.2) is 13.6 Å². The Bertz CT molecular complexity index is 852. The molecule has 0 unspecified atom stereocenters. The van der Waals surface area contributed by atoms with Crippen molar-refractivity contribution in [3.63, 3.8) is 0 Å². The van der Waals surface area contributed by atoms with Gasteiger partial charge in [0.25, 0.3) is 0 Å². The standard InChI is InChI=1S/C19H21F2N3O3/c1-3-22(19(26)27-2)12-17(25)24-10-9-23-8-4-5-16(23)18(24)14-7-6-13(20)11-15(14)21/h4-8,11,18H,3,9-10,12H2,1-2H3/t18-/m1/s1. The molecule has 0 bridgehead atoms. The molecular formula is C19H21F2N3O3. The number of likely N-dealkylation sites (N-methyl/N-ethyl adjacent to an activating group) is 1. The maximum atomic E-state index is 14.5. The van der Waals surface area contributed by atoms with Crippen LogP contribution in [0.25, 0.3) is 0 Å². The molecule has 6 nitrogen and oxygen atoms in total. The molecule has 144 valence electrons. The van der Waals surface area contributed by atoms with Crippen LogP contribution >= 0.6 is 0 Å². The zero-order valence-corrected chi connectivity index (χ0v) is 15.2. The number of carbonyl (C=O) groups is 2. The molecule has 0 saturated heterocycles. The Hall–Kier alpha value is -2.90. The fourth-order valence-electron chi connectivity index (χ4n) is 3.39. The van der Waals surface area contributed by atoms with E-state index in [2.05, 4.69) is 4.74 Å². The van der Waals surface area contributed by atoms with Gasteiger partial charge in [-0.3, -0.25) is 9.69 Å². The highest BCUT2D eigenvalue weighted by Crippen LogP contribution is 2.34. The summed E-state index contributed by atoms with van der Waals surface area (Å²) in [6, 6.07) is 6.28. The zero-order chi connectivity index (χ0) is 19.6. The van der Waals surface area contributed by atoms with Crippen molar-refractivity contribution in [3.05, 3.63) is 59.4 Å². The van der Waals surface area contributed by atoms with Crippen LogP contribution in [0.4, 0.5) is 13.6 Å². The number of methoxy groups -OCH3 is 1. The van der Waals surface area contributed by atoms with E-state index >= 15 is 0 Å². The fourth-order valence-corrected chi connectivity index (χ4v) is 3.39. The van der Waals surface area contributed by atoms with E-state index in [1.54, 1.807) is 6.92 Å². The molecule has 1 aliphatic rings. The molecular weight excluding hydrogens is 356 g/mol. The number of rotatable bonds is 4. The summed E-state index contributed by atoms with van der Waals surface area (Å²) in [5.41, 5.74) is 0.951. The van der Waals surface area contributed by atoms with Crippen molar-refractivity contribution in [2.24, 2.45) is 0 Å². The second kappa shape index (κ2) is 7.77. The van der Waals surface area contributed by atoms with Gasteiger partial charge in [0.05, 0.1) is 7.11 Å². The highest BCUT2D eigenvalue weighted by Gasteiger charge is 2.34. The predicted molar refractivity (Wildman–Crippen MR) is 94.0 cm³/mol. The van der Waals surface area contributed by atoms with Crippen LogP contribution in [-0.2, 0) is 16.1 Å². The molecule has 0 spiro atoms. The minimum Gasteiger partial charge on any atom is -0.453 e. The molecule has 8 heteroatoms. The number of nitrogens with zero attached hydrogens (tertiary/aromatic N) is 3. The van der Waals surface area contributed by atoms with Gasteiger partial charge in [0, 0.05) is 43.2 Å². The van der Waals surface area contributed by atoms with Crippen LogP contribution in [0.3, 0.4) is 0 Å². The van der Waals surface area contributed by atoms with Gasteiger partial charge in [-0.2, -0.15) is 0 Å². The first-order chi connectivity index (χ1) is 13.0. The van der Waals surface area contributed by atoms with Crippen molar-refractivity contribution in [3.8, 4) is 0 Å². The summed E-state index contributed by atoms with van der Waals surface area (Å²) in [6.45, 7) is 2.77. The largest absolute Gasteiger partial charge is 0.453 e. The molecule has 1 aromatic carbocycles. The summed E-state index contributed by atoms with van der Waals surface area (Å²) in [6.07, 6.45) is 1.26. The first-order valence-corrected chi connectivity index (χ1v) is 8.68. The van der Waals surface area contributed by atoms with Crippen LogP contribution in [0.15, 0.2) is 36.5 Å². The summed E-state index contributed by atoms with van der Waals surface area (Å²) in [7, 11) is 1.25. The molecule has 2 aromatic rings. The minimum atomic E-state index is -0.715. The maximum Gasteiger partial charge on any atom is 0.409 e. The van der Waals surface area contributed by atoms with E-state index in [1.165, 1.54) is 29.0 Å². The Morgan fingerprint density at radius 2 is 2.04 bits per heavy atom. The van der Waals surface area contributed by atoms with E-state index in [9.17, 15) is 18.4 Å². The van der Waals surface area contributed by atoms with E-state index in [0.717, 1.165) is 11.8 Å². The van der Waals surface area contributed by atoms with Crippen molar-refractivity contribution in [1.29, 1.82) is 0 Å². The molecule has 27 heavy (non-hydrogen) atoms. The fraction of sp³-hybridized carbons (Fsp3) is 0.368. The number of halogens is 2. The van der Waals surface area contributed by atoms with Crippen LogP contribution in [0, 0.1) is 11.6 Å². The number of fused-ring (bicyclic) bond motifs is 1. The molecule has 0 saturated carbocycles. The molecule has 0 radical (unpaired) electrons. The molecule has 0 N–H and O–H groups in total. The van der Waals surface area contributed by atoms with Crippen molar-refractivity contribution in [1.82, 2.24) is 14.4 Å². The third-order valence-corrected chi connectivity index (χ3v) is 4.76. The summed E-state index contributed by atoms with van der Waals surface area (Å²) in [5.74, 6) is -1.72. The number of amides is 2. The number of aromatic nitrogens is 1. The second-order valence-corrected chi connectivity index (χ2v) is 6.27. The molecule has 2 amide bonds. The van der Waals surface area contributed by atoms with Gasteiger partial charge >= 0.3 is 6.09 Å². The van der Waals surface area contributed by atoms with E-state index in [4.69, 9.17) is 0 Å². The number of hydrogen-bond acceptors (Lipinski definition) is 3. The van der Waals surface area contributed by atoms with Crippen LogP contribution in [0.2, 0.25) is 0 Å². The predicted octanol–water partition coefficient (Wildman–Crippen LogP) is 2.79. The van der Waals surface area contributed by atoms with Crippen LogP contribution in [0.1, 0.15) is 24.2 Å². The highest BCUT2D eigenvalue weighted by atomic mass is 19.1. The van der Waals surface area contributed by atoms with Gasteiger partial charge in [0.15, 0.2) is 0 Å². The maximum absolute atomic E-state index is 14.5. The number of hydrogen-bond donors (Lipinski definition) is 0. The highest BCUT2D eigenvalue weighted by molar-refractivity contribution is 5.83. The lowest BCUT2D eigenvalue weighted by molar-refractivity contribution is -0.134. The van der Waals surface area contributed by atoms with Crippen molar-refractivity contribution >= 4 is 12.0 Å². The lowest BCUT2D eigenvalue weighted by atomic mass is 9.99. The van der Waals surface area contributed by atoms with Gasteiger partial charge in [-0.05, 0) is 25.1 Å². The van der Waals surface area contributed by atoms with Gasteiger partial charge in [0.1, 0.15) is 24.2 Å². The van der Waals surface area contributed by atoms with E-state index in [1.807, 2.05) is 22.9 Å². The normalized spacial score (nSPS) is 16.0. The van der Waals surface area contributed by atoms with Crippen LogP contribution in [0.5, 0.6) is 0 Å². The Labute approximate surface area is 155 Å². The molecule has 3 rings (SSSR count). The molecule has 1 aromatic heterocycles. The average molecular weight is 377 g/mol. The van der Waals surface area contributed by atoms with Crippen LogP contribution in [-0.4, -0.2) is 53.1 Å². The van der Waals surface area contributed by atoms with Crippen molar-refractivity contribution in [2.45, 2.75) is 19.5 Å². The SMILES string of the molecule is CCN(CC(=O)N1CCn2cccc2[C@H]1c1ccc(F)cc1F)C(=O)OC. The van der Waals surface area contributed by atoms with Gasteiger partial charge in [0.2, 0.25) is 5.91 Å². The Morgan fingerprint density at radius 1 is 1.26 bits per heavy atom. The van der Waals surface area contributed by atoms with Gasteiger partial charge in [-0.1, -0.05) is 6.07 Å². The van der Waals surface area contributed by atoms with Crippen molar-refractivity contribution in [2.75, 3.05) is 26.7 Å². The molecule has 0 aliphatic carbocycles. The lowest BCUT2D eigenvalue weighted by Crippen LogP contribution is -2.48. The van der Waals surface area contributed by atoms with E-state index in [-0.39, 0.29) is 18.0 Å². The Balaban J connectivity index is 1.96. The molecule has 2 heterocycles. The summed E-state index contributed by atoms with van der Waals surface area (Å²) in [4.78, 5) is 27.5. The monoisotopic (exact) mass is 377 g/mol. The third-order valence-electron chi connectivity index (χ3n) is 4.76. The molecule has 0 fully saturated rings. The number of benzene rings is 1. The van der Waals surface area contributed by atoms with Gasteiger partial charge < -0.3 is 14.2 Å². The second-order valence-electron chi connectivity index (χ2n) is 6.27. The minimum absolute atomic E-state index is 0.177. The van der Waals surface area contributed by atoms with E-state index in [0.29, 0.717) is 19.6 Å². The van der Waals surface area contributed by atoms with Gasteiger partial charge in [-0.15, -0.1) is 0 Å². The summed E-state index contributed by atoms with van der Waals surface area (Å²) in [5, 5.41) is 0. The topological polar surface area (TPSA) is 54.8 Å². The number of carbonyl (C=O) groups excluding carboxylic acids is 2. The first-order valence-electron chi connectivity index (χ1n) is 8.68. The third kappa shape index (κ3) is 3.65. The molecule has 1 aliphatic heterocycles. The lowest BCUT2D eigenvalue weighted by Gasteiger charge is -2.38. The Morgan fingerprint density at radius 3 is 2.70 bits per heavy atom. The summed E-state index contributed by atoms with van der Waals surface area (Å²) < 4.78 is 34.5.